The number of hydrogen-bond donors (Lipinski definition) is 0. The van der Waals surface area contributed by atoms with E-state index in [0.717, 1.165) is 42.3 Å². The number of thiophene rings is 1. The van der Waals surface area contributed by atoms with Gasteiger partial charge >= 0.3 is 0 Å². The highest BCUT2D eigenvalue weighted by atomic mass is 35.5. The third kappa shape index (κ3) is 2.49. The lowest BCUT2D eigenvalue weighted by Crippen LogP contribution is -2.40. The van der Waals surface area contributed by atoms with E-state index in [-0.39, 0.29) is 6.10 Å². The molecule has 1 aliphatic heterocycles. The van der Waals surface area contributed by atoms with E-state index in [4.69, 9.17) is 16.3 Å². The van der Waals surface area contributed by atoms with Crippen molar-refractivity contribution < 1.29 is 4.74 Å². The zero-order valence-electron chi connectivity index (χ0n) is 10.1. The lowest BCUT2D eigenvalue weighted by molar-refractivity contribution is -0.0219. The summed E-state index contributed by atoms with van der Waals surface area (Å²) >= 11 is 7.76. The molecule has 0 saturated carbocycles. The Bertz CT molecular complexity index is 559. The smallest absolute Gasteiger partial charge is 0.145 e. The molecule has 0 bridgehead atoms. The molecule has 0 aromatic carbocycles. The Hall–Kier alpha value is -0.750. The molecule has 0 spiro atoms. The number of nitrogens with zero attached hydrogens (tertiary/aromatic N) is 3. The van der Waals surface area contributed by atoms with Crippen LogP contribution in [0, 0.1) is 0 Å². The number of halogens is 1. The maximum Gasteiger partial charge on any atom is 0.145 e. The van der Waals surface area contributed by atoms with Crippen LogP contribution in [0.25, 0.3) is 10.2 Å². The first-order chi connectivity index (χ1) is 8.72. The van der Waals surface area contributed by atoms with Crippen LogP contribution < -0.4 is 0 Å². The Morgan fingerprint density at radius 3 is 3.28 bits per heavy atom. The van der Waals surface area contributed by atoms with E-state index in [0.29, 0.717) is 5.15 Å². The molecule has 1 atom stereocenters. The van der Waals surface area contributed by atoms with Gasteiger partial charge in [0.05, 0.1) is 19.3 Å². The Morgan fingerprint density at radius 2 is 2.44 bits per heavy atom. The van der Waals surface area contributed by atoms with E-state index >= 15 is 0 Å². The molecule has 0 amide bonds. The van der Waals surface area contributed by atoms with Crippen molar-refractivity contribution in [2.75, 3.05) is 19.7 Å². The molecule has 1 saturated heterocycles. The SMILES string of the molecule is CC1CN(Cc2nc(Cl)c3ccsc3n2)CCO1. The molecule has 3 heterocycles. The molecule has 0 radical (unpaired) electrons. The predicted molar refractivity (Wildman–Crippen MR) is 73.1 cm³/mol. The Morgan fingerprint density at radius 1 is 1.56 bits per heavy atom. The molecule has 0 aliphatic carbocycles. The fraction of sp³-hybridized carbons (Fsp3) is 0.500. The van der Waals surface area contributed by atoms with E-state index in [2.05, 4.69) is 21.8 Å². The number of fused-ring (bicyclic) bond motifs is 1. The molecule has 0 N–H and O–H groups in total. The summed E-state index contributed by atoms with van der Waals surface area (Å²) in [7, 11) is 0. The van der Waals surface area contributed by atoms with Crippen LogP contribution in [-0.4, -0.2) is 40.7 Å². The van der Waals surface area contributed by atoms with Crippen LogP contribution in [0.5, 0.6) is 0 Å². The van der Waals surface area contributed by atoms with Gasteiger partial charge in [-0.2, -0.15) is 0 Å². The molecule has 2 aromatic rings. The van der Waals surface area contributed by atoms with Gasteiger partial charge < -0.3 is 4.74 Å². The quantitative estimate of drug-likeness (QED) is 0.794. The van der Waals surface area contributed by atoms with Gasteiger partial charge in [-0.1, -0.05) is 11.6 Å². The molecule has 96 valence electrons. The van der Waals surface area contributed by atoms with Crippen LogP contribution in [0.15, 0.2) is 11.4 Å². The van der Waals surface area contributed by atoms with Crippen LogP contribution in [0.2, 0.25) is 5.15 Å². The largest absolute Gasteiger partial charge is 0.376 e. The number of aromatic nitrogens is 2. The Labute approximate surface area is 115 Å². The fourth-order valence-corrected chi connectivity index (χ4v) is 3.25. The molecular weight excluding hydrogens is 270 g/mol. The molecule has 1 unspecified atom stereocenters. The average Bonchev–Trinajstić information content (AvgIpc) is 2.77. The highest BCUT2D eigenvalue weighted by Crippen LogP contribution is 2.25. The van der Waals surface area contributed by atoms with Gasteiger partial charge in [-0.15, -0.1) is 11.3 Å². The summed E-state index contributed by atoms with van der Waals surface area (Å²) < 4.78 is 5.52. The van der Waals surface area contributed by atoms with Gasteiger partial charge in [-0.25, -0.2) is 9.97 Å². The van der Waals surface area contributed by atoms with Gasteiger partial charge in [-0.3, -0.25) is 4.90 Å². The Balaban J connectivity index is 1.81. The third-order valence-corrected chi connectivity index (χ3v) is 4.11. The van der Waals surface area contributed by atoms with Gasteiger partial charge in [0, 0.05) is 18.5 Å². The Kier molecular flexibility index (Phi) is 3.48. The highest BCUT2D eigenvalue weighted by Gasteiger charge is 2.18. The van der Waals surface area contributed by atoms with Crippen LogP contribution in [-0.2, 0) is 11.3 Å². The van der Waals surface area contributed by atoms with Gasteiger partial charge in [0.25, 0.3) is 0 Å². The molecule has 3 rings (SSSR count). The summed E-state index contributed by atoms with van der Waals surface area (Å²) in [6.45, 7) is 5.44. The van der Waals surface area contributed by atoms with Gasteiger partial charge in [0.15, 0.2) is 0 Å². The normalized spacial score (nSPS) is 21.6. The van der Waals surface area contributed by atoms with E-state index < -0.39 is 0 Å². The molecule has 4 nitrogen and oxygen atoms in total. The maximum absolute atomic E-state index is 6.16. The lowest BCUT2D eigenvalue weighted by Gasteiger charge is -2.30. The summed E-state index contributed by atoms with van der Waals surface area (Å²) in [5.41, 5.74) is 0. The van der Waals surface area contributed by atoms with Crippen LogP contribution >= 0.6 is 22.9 Å². The summed E-state index contributed by atoms with van der Waals surface area (Å²) in [5.74, 6) is 0.795. The topological polar surface area (TPSA) is 38.2 Å². The van der Waals surface area contributed by atoms with Gasteiger partial charge in [-0.05, 0) is 18.4 Å². The second kappa shape index (κ2) is 5.09. The van der Waals surface area contributed by atoms with Crippen LogP contribution in [0.3, 0.4) is 0 Å². The average molecular weight is 284 g/mol. The lowest BCUT2D eigenvalue weighted by atomic mass is 10.3. The fourth-order valence-electron chi connectivity index (χ4n) is 2.17. The summed E-state index contributed by atoms with van der Waals surface area (Å²) in [5, 5.41) is 3.49. The van der Waals surface area contributed by atoms with Crippen molar-refractivity contribution >= 4 is 33.2 Å². The summed E-state index contributed by atoms with van der Waals surface area (Å²) in [6, 6.07) is 1.96. The predicted octanol–water partition coefficient (Wildman–Crippen LogP) is 2.57. The standard InChI is InChI=1S/C12H14ClN3OS/c1-8-6-16(3-4-17-8)7-10-14-11(13)9-2-5-18-12(9)15-10/h2,5,8H,3-4,6-7H2,1H3. The molecule has 1 fully saturated rings. The van der Waals surface area contributed by atoms with Gasteiger partial charge in [0.2, 0.25) is 0 Å². The number of rotatable bonds is 2. The molecule has 1 aliphatic rings. The van der Waals surface area contributed by atoms with Crippen LogP contribution in [0.1, 0.15) is 12.7 Å². The van der Waals surface area contributed by atoms with Crippen molar-refractivity contribution in [1.82, 2.24) is 14.9 Å². The minimum atomic E-state index is 0.277. The molecule has 6 heteroatoms. The first-order valence-corrected chi connectivity index (χ1v) is 7.22. The van der Waals surface area contributed by atoms with Crippen molar-refractivity contribution in [2.45, 2.75) is 19.6 Å². The maximum atomic E-state index is 6.16. The number of hydrogen-bond acceptors (Lipinski definition) is 5. The number of morpholine rings is 1. The van der Waals surface area contributed by atoms with Crippen molar-refractivity contribution in [3.63, 3.8) is 0 Å². The summed E-state index contributed by atoms with van der Waals surface area (Å²) in [6.07, 6.45) is 0.277. The second-order valence-corrected chi connectivity index (χ2v) is 5.74. The first-order valence-electron chi connectivity index (χ1n) is 5.96. The minimum absolute atomic E-state index is 0.277. The monoisotopic (exact) mass is 283 g/mol. The van der Waals surface area contributed by atoms with E-state index in [9.17, 15) is 0 Å². The first kappa shape index (κ1) is 12.3. The van der Waals surface area contributed by atoms with E-state index in [1.54, 1.807) is 11.3 Å². The minimum Gasteiger partial charge on any atom is -0.376 e. The molecular formula is C12H14ClN3OS. The third-order valence-electron chi connectivity index (χ3n) is 3.02. The van der Waals surface area contributed by atoms with E-state index in [1.165, 1.54) is 0 Å². The van der Waals surface area contributed by atoms with E-state index in [1.807, 2.05) is 11.4 Å². The molecule has 18 heavy (non-hydrogen) atoms. The second-order valence-electron chi connectivity index (χ2n) is 4.49. The van der Waals surface area contributed by atoms with Crippen LogP contribution in [0.4, 0.5) is 0 Å². The number of ether oxygens (including phenoxy) is 1. The van der Waals surface area contributed by atoms with Crippen molar-refractivity contribution in [3.05, 3.63) is 22.4 Å². The highest BCUT2D eigenvalue weighted by molar-refractivity contribution is 7.16. The van der Waals surface area contributed by atoms with Gasteiger partial charge in [0.1, 0.15) is 15.8 Å². The van der Waals surface area contributed by atoms with Crippen molar-refractivity contribution in [1.29, 1.82) is 0 Å². The molecule has 2 aromatic heterocycles. The zero-order chi connectivity index (χ0) is 12.5. The van der Waals surface area contributed by atoms with Crippen molar-refractivity contribution in [3.8, 4) is 0 Å². The zero-order valence-corrected chi connectivity index (χ0v) is 11.7. The summed E-state index contributed by atoms with van der Waals surface area (Å²) in [4.78, 5) is 12.2. The van der Waals surface area contributed by atoms with Crippen molar-refractivity contribution in [2.24, 2.45) is 0 Å².